The van der Waals surface area contributed by atoms with E-state index in [-0.39, 0.29) is 18.8 Å². The summed E-state index contributed by atoms with van der Waals surface area (Å²) in [5.74, 6) is 1.18. The number of guanidine groups is 1. The van der Waals surface area contributed by atoms with E-state index in [1.54, 1.807) is 0 Å². The third kappa shape index (κ3) is 8.54. The monoisotopic (exact) mass is 421 g/mol. The number of non-ortho nitro benzene ring substituents is 1. The third-order valence-electron chi connectivity index (χ3n) is 5.05. The van der Waals surface area contributed by atoms with Gasteiger partial charge >= 0.3 is 0 Å². The molecule has 1 saturated heterocycles. The maximum absolute atomic E-state index is 10.7. The number of nitrogens with zero attached hydrogens (tertiary/aromatic N) is 3. The van der Waals surface area contributed by atoms with Gasteiger partial charge in [-0.25, -0.2) is 0 Å². The summed E-state index contributed by atoms with van der Waals surface area (Å²) < 4.78 is 5.50. The van der Waals surface area contributed by atoms with Gasteiger partial charge in [0.25, 0.3) is 5.69 Å². The van der Waals surface area contributed by atoms with Crippen LogP contribution in [0.15, 0.2) is 29.3 Å². The summed E-state index contributed by atoms with van der Waals surface area (Å²) in [5.41, 5.74) is 0.00468. The number of unbranched alkanes of at least 4 members (excludes halogenated alkanes) is 1. The zero-order valence-corrected chi connectivity index (χ0v) is 18.0. The van der Waals surface area contributed by atoms with E-state index in [1.165, 1.54) is 43.7 Å². The Morgan fingerprint density at radius 3 is 2.63 bits per heavy atom. The minimum Gasteiger partial charge on any atom is -0.491 e. The minimum absolute atomic E-state index is 0.00468. The standard InChI is InChI=1S/C21H35N5O4/c1-3-5-12-25-13-10-17(11-14-25)24-21(22-4-2)23-15-19(27)16-30-20-8-6-18(7-9-20)26(28)29/h6-9,17,19,27H,3-5,10-16H2,1-2H3,(H2,22,23,24). The van der Waals surface area contributed by atoms with E-state index in [2.05, 4.69) is 27.4 Å². The summed E-state index contributed by atoms with van der Waals surface area (Å²) in [5, 5.41) is 27.6. The Morgan fingerprint density at radius 2 is 2.03 bits per heavy atom. The predicted molar refractivity (Wildman–Crippen MR) is 118 cm³/mol. The van der Waals surface area contributed by atoms with Gasteiger partial charge in [0.1, 0.15) is 18.5 Å². The number of benzene rings is 1. The molecule has 0 saturated carbocycles. The SMILES string of the molecule is CCCCN1CCC(NC(=NCC(O)COc2ccc([N+](=O)[O-])cc2)NCC)CC1. The minimum atomic E-state index is -0.772. The van der Waals surface area contributed by atoms with Crippen LogP contribution >= 0.6 is 0 Å². The summed E-state index contributed by atoms with van der Waals surface area (Å²) in [7, 11) is 0. The molecule has 0 spiro atoms. The molecule has 1 aliphatic rings. The van der Waals surface area contributed by atoms with Crippen LogP contribution in [0.1, 0.15) is 39.5 Å². The van der Waals surface area contributed by atoms with Crippen molar-refractivity contribution >= 4 is 11.6 Å². The number of aliphatic hydroxyl groups excluding tert-OH is 1. The molecule has 0 bridgehead atoms. The Balaban J connectivity index is 1.75. The van der Waals surface area contributed by atoms with Crippen LogP contribution in [0.3, 0.4) is 0 Å². The van der Waals surface area contributed by atoms with E-state index < -0.39 is 11.0 Å². The smallest absolute Gasteiger partial charge is 0.269 e. The summed E-state index contributed by atoms with van der Waals surface area (Å²) >= 11 is 0. The Kier molecular flexibility index (Phi) is 10.4. The lowest BCUT2D eigenvalue weighted by Crippen LogP contribution is -2.49. The van der Waals surface area contributed by atoms with Crippen LogP contribution < -0.4 is 15.4 Å². The van der Waals surface area contributed by atoms with Gasteiger partial charge in [-0.1, -0.05) is 13.3 Å². The van der Waals surface area contributed by atoms with Gasteiger partial charge in [-0.3, -0.25) is 15.1 Å². The molecule has 1 fully saturated rings. The molecule has 0 aliphatic carbocycles. The van der Waals surface area contributed by atoms with Crippen molar-refractivity contribution in [2.45, 2.75) is 51.7 Å². The summed E-state index contributed by atoms with van der Waals surface area (Å²) in [6.07, 6.45) is 3.87. The summed E-state index contributed by atoms with van der Waals surface area (Å²) in [4.78, 5) is 17.2. The normalized spacial score (nSPS) is 16.8. The van der Waals surface area contributed by atoms with E-state index >= 15 is 0 Å². The van der Waals surface area contributed by atoms with Crippen LogP contribution in [0.2, 0.25) is 0 Å². The number of rotatable bonds is 11. The second-order valence-corrected chi connectivity index (χ2v) is 7.55. The van der Waals surface area contributed by atoms with Gasteiger partial charge in [-0.2, -0.15) is 0 Å². The zero-order valence-electron chi connectivity index (χ0n) is 18.0. The van der Waals surface area contributed by atoms with Crippen LogP contribution in [0.25, 0.3) is 0 Å². The Bertz CT molecular complexity index is 660. The van der Waals surface area contributed by atoms with E-state index in [1.807, 2.05) is 6.92 Å². The summed E-state index contributed by atoms with van der Waals surface area (Å²) in [6.45, 7) is 8.63. The quantitative estimate of drug-likeness (QED) is 0.217. The Hall–Kier alpha value is -2.39. The van der Waals surface area contributed by atoms with E-state index in [9.17, 15) is 15.2 Å². The van der Waals surface area contributed by atoms with Crippen LogP contribution in [-0.4, -0.2) is 72.4 Å². The first-order valence-electron chi connectivity index (χ1n) is 10.8. The van der Waals surface area contributed by atoms with Crippen molar-refractivity contribution in [1.29, 1.82) is 0 Å². The van der Waals surface area contributed by atoms with Crippen LogP contribution in [0.5, 0.6) is 5.75 Å². The van der Waals surface area contributed by atoms with Crippen LogP contribution in [0, 0.1) is 10.1 Å². The maximum Gasteiger partial charge on any atom is 0.269 e. The fourth-order valence-corrected chi connectivity index (χ4v) is 3.30. The molecule has 30 heavy (non-hydrogen) atoms. The highest BCUT2D eigenvalue weighted by Crippen LogP contribution is 2.17. The van der Waals surface area contributed by atoms with Crippen LogP contribution in [-0.2, 0) is 0 Å². The van der Waals surface area contributed by atoms with Gasteiger partial charge in [0.15, 0.2) is 5.96 Å². The molecule has 0 amide bonds. The number of aliphatic imine (C=N–C) groups is 1. The number of nitro groups is 1. The molecule has 1 aromatic carbocycles. The van der Waals surface area contributed by atoms with Crippen molar-refractivity contribution in [2.24, 2.45) is 4.99 Å². The lowest BCUT2D eigenvalue weighted by Gasteiger charge is -2.33. The molecular weight excluding hydrogens is 386 g/mol. The molecule has 1 aromatic rings. The number of hydrogen-bond donors (Lipinski definition) is 3. The van der Waals surface area contributed by atoms with Crippen molar-refractivity contribution in [3.63, 3.8) is 0 Å². The number of piperidine rings is 1. The molecule has 0 radical (unpaired) electrons. The van der Waals surface area contributed by atoms with Crippen molar-refractivity contribution in [2.75, 3.05) is 39.3 Å². The molecule has 3 N–H and O–H groups in total. The number of ether oxygens (including phenoxy) is 1. The van der Waals surface area contributed by atoms with Crippen LogP contribution in [0.4, 0.5) is 5.69 Å². The topological polar surface area (TPSA) is 112 Å². The molecule has 0 aromatic heterocycles. The number of nitrogens with one attached hydrogen (secondary N) is 2. The molecule has 2 rings (SSSR count). The highest BCUT2D eigenvalue weighted by atomic mass is 16.6. The molecule has 9 nitrogen and oxygen atoms in total. The molecule has 9 heteroatoms. The first-order valence-corrected chi connectivity index (χ1v) is 10.8. The molecular formula is C21H35N5O4. The van der Waals surface area contributed by atoms with E-state index in [0.717, 1.165) is 32.5 Å². The number of aliphatic hydroxyl groups is 1. The van der Waals surface area contributed by atoms with Gasteiger partial charge < -0.3 is 25.4 Å². The molecule has 1 heterocycles. The van der Waals surface area contributed by atoms with Gasteiger partial charge in [0.05, 0.1) is 11.5 Å². The molecule has 1 aliphatic heterocycles. The Labute approximate surface area is 178 Å². The second-order valence-electron chi connectivity index (χ2n) is 7.55. The molecule has 168 valence electrons. The van der Waals surface area contributed by atoms with Crippen molar-refractivity contribution in [1.82, 2.24) is 15.5 Å². The van der Waals surface area contributed by atoms with Gasteiger partial charge in [-0.05, 0) is 44.9 Å². The van der Waals surface area contributed by atoms with Crippen molar-refractivity contribution in [3.8, 4) is 5.75 Å². The average Bonchev–Trinajstić information content (AvgIpc) is 2.76. The largest absolute Gasteiger partial charge is 0.491 e. The third-order valence-corrected chi connectivity index (χ3v) is 5.05. The lowest BCUT2D eigenvalue weighted by atomic mass is 10.0. The van der Waals surface area contributed by atoms with E-state index in [0.29, 0.717) is 17.8 Å². The number of nitro benzene ring substituents is 1. The average molecular weight is 422 g/mol. The van der Waals surface area contributed by atoms with Crippen molar-refractivity contribution < 1.29 is 14.8 Å². The lowest BCUT2D eigenvalue weighted by molar-refractivity contribution is -0.384. The zero-order chi connectivity index (χ0) is 21.8. The predicted octanol–water partition coefficient (Wildman–Crippen LogP) is 2.15. The van der Waals surface area contributed by atoms with Crippen molar-refractivity contribution in [3.05, 3.63) is 34.4 Å². The fourth-order valence-electron chi connectivity index (χ4n) is 3.30. The summed E-state index contributed by atoms with van der Waals surface area (Å²) in [6, 6.07) is 6.18. The highest BCUT2D eigenvalue weighted by Gasteiger charge is 2.19. The van der Waals surface area contributed by atoms with Gasteiger partial charge in [0, 0.05) is 37.8 Å². The van der Waals surface area contributed by atoms with Gasteiger partial charge in [0.2, 0.25) is 0 Å². The fraction of sp³-hybridized carbons (Fsp3) is 0.667. The first-order chi connectivity index (χ1) is 14.5. The number of hydrogen-bond acceptors (Lipinski definition) is 6. The van der Waals surface area contributed by atoms with E-state index in [4.69, 9.17) is 4.74 Å². The maximum atomic E-state index is 10.7. The second kappa shape index (κ2) is 13.0. The van der Waals surface area contributed by atoms with Gasteiger partial charge in [-0.15, -0.1) is 0 Å². The molecule has 1 atom stereocenters. The molecule has 1 unspecified atom stereocenters. The highest BCUT2D eigenvalue weighted by molar-refractivity contribution is 5.80. The first kappa shape index (κ1) is 23.9. The Morgan fingerprint density at radius 1 is 1.33 bits per heavy atom. The number of likely N-dealkylation sites (tertiary alicyclic amines) is 1.